The molecule has 2 N–H and O–H groups in total. The van der Waals surface area contributed by atoms with Crippen LogP contribution in [-0.2, 0) is 11.3 Å². The van der Waals surface area contributed by atoms with Crippen molar-refractivity contribution in [1.82, 2.24) is 15.2 Å². The smallest absolute Gasteiger partial charge is 0.234 e. The van der Waals surface area contributed by atoms with Crippen molar-refractivity contribution >= 4 is 22.4 Å². The number of hydrogen-bond acceptors (Lipinski definition) is 5. The minimum absolute atomic E-state index is 0.0592. The van der Waals surface area contributed by atoms with Gasteiger partial charge in [0, 0.05) is 30.2 Å². The quantitative estimate of drug-likeness (QED) is 0.789. The van der Waals surface area contributed by atoms with E-state index in [0.717, 1.165) is 23.1 Å². The van der Waals surface area contributed by atoms with Crippen LogP contribution in [0.5, 0.6) is 0 Å². The van der Waals surface area contributed by atoms with Crippen molar-refractivity contribution in [2.75, 3.05) is 25.5 Å². The number of nitrogens with zero attached hydrogens (tertiary/aromatic N) is 2. The van der Waals surface area contributed by atoms with Gasteiger partial charge in [0.05, 0.1) is 6.54 Å². The lowest BCUT2D eigenvalue weighted by Crippen LogP contribution is -2.38. The second kappa shape index (κ2) is 7.33. The molecule has 0 radical (unpaired) electrons. The highest BCUT2D eigenvalue weighted by Gasteiger charge is 2.09. The largest absolute Gasteiger partial charge is 0.362 e. The topological polar surface area (TPSA) is 57.3 Å². The third-order valence-electron chi connectivity index (χ3n) is 2.17. The molecule has 0 aliphatic heterocycles. The van der Waals surface area contributed by atoms with E-state index in [-0.39, 0.29) is 11.9 Å². The van der Waals surface area contributed by atoms with Crippen LogP contribution in [0, 0.1) is 0 Å². The average molecular weight is 270 g/mol. The Hall–Kier alpha value is -1.14. The molecule has 5 nitrogen and oxygen atoms in total. The van der Waals surface area contributed by atoms with Crippen LogP contribution in [0.1, 0.15) is 25.6 Å². The molecule has 1 aromatic heterocycles. The monoisotopic (exact) mass is 270 g/mol. The summed E-state index contributed by atoms with van der Waals surface area (Å²) in [5.74, 6) is 0.0592. The molecule has 0 unspecified atom stereocenters. The Morgan fingerprint density at radius 1 is 1.56 bits per heavy atom. The minimum Gasteiger partial charge on any atom is -0.362 e. The SMILES string of the molecule is CCNc1ncc(CN(C)CC(=O)NC(C)C)s1. The Morgan fingerprint density at radius 2 is 2.28 bits per heavy atom. The van der Waals surface area contributed by atoms with Gasteiger partial charge in [-0.05, 0) is 27.8 Å². The first kappa shape index (κ1) is 14.9. The van der Waals surface area contributed by atoms with Crippen LogP contribution in [0.2, 0.25) is 0 Å². The summed E-state index contributed by atoms with van der Waals surface area (Å²) in [6.07, 6.45) is 1.86. The summed E-state index contributed by atoms with van der Waals surface area (Å²) in [6.45, 7) is 8.00. The molecule has 1 rings (SSSR count). The summed E-state index contributed by atoms with van der Waals surface area (Å²) < 4.78 is 0. The molecule has 0 saturated heterocycles. The summed E-state index contributed by atoms with van der Waals surface area (Å²) in [7, 11) is 1.94. The van der Waals surface area contributed by atoms with Crippen molar-refractivity contribution in [2.24, 2.45) is 0 Å². The second-order valence-electron chi connectivity index (χ2n) is 4.56. The van der Waals surface area contributed by atoms with Gasteiger partial charge < -0.3 is 10.6 Å². The van der Waals surface area contributed by atoms with Gasteiger partial charge in [0.1, 0.15) is 0 Å². The van der Waals surface area contributed by atoms with Gasteiger partial charge in [-0.2, -0.15) is 0 Å². The Bertz CT molecular complexity index is 378. The van der Waals surface area contributed by atoms with Crippen molar-refractivity contribution in [1.29, 1.82) is 0 Å². The van der Waals surface area contributed by atoms with E-state index in [2.05, 4.69) is 15.6 Å². The van der Waals surface area contributed by atoms with E-state index < -0.39 is 0 Å². The lowest BCUT2D eigenvalue weighted by molar-refractivity contribution is -0.122. The molecular formula is C12H22N4OS. The van der Waals surface area contributed by atoms with E-state index in [9.17, 15) is 4.79 Å². The molecule has 0 aliphatic carbocycles. The summed E-state index contributed by atoms with van der Waals surface area (Å²) in [5, 5.41) is 6.99. The fraction of sp³-hybridized carbons (Fsp3) is 0.667. The third-order valence-corrected chi connectivity index (χ3v) is 3.11. The van der Waals surface area contributed by atoms with E-state index in [1.165, 1.54) is 0 Å². The number of rotatable bonds is 7. The lowest BCUT2D eigenvalue weighted by atomic mass is 10.3. The average Bonchev–Trinajstić information content (AvgIpc) is 2.64. The van der Waals surface area contributed by atoms with Gasteiger partial charge in [0.2, 0.25) is 5.91 Å². The number of amides is 1. The first-order valence-corrected chi connectivity index (χ1v) is 6.99. The highest BCUT2D eigenvalue weighted by molar-refractivity contribution is 7.15. The lowest BCUT2D eigenvalue weighted by Gasteiger charge is -2.16. The molecule has 0 atom stereocenters. The molecule has 18 heavy (non-hydrogen) atoms. The van der Waals surface area contributed by atoms with Gasteiger partial charge in [0.25, 0.3) is 0 Å². The molecular weight excluding hydrogens is 248 g/mol. The first-order chi connectivity index (χ1) is 8.51. The van der Waals surface area contributed by atoms with Crippen molar-refractivity contribution in [2.45, 2.75) is 33.4 Å². The molecule has 0 fully saturated rings. The van der Waals surface area contributed by atoms with Crippen LogP contribution in [0.25, 0.3) is 0 Å². The number of hydrogen-bond donors (Lipinski definition) is 2. The van der Waals surface area contributed by atoms with E-state index in [4.69, 9.17) is 0 Å². The third kappa shape index (κ3) is 5.46. The zero-order chi connectivity index (χ0) is 13.5. The Kier molecular flexibility index (Phi) is 6.07. The molecule has 6 heteroatoms. The fourth-order valence-electron chi connectivity index (χ4n) is 1.55. The van der Waals surface area contributed by atoms with Crippen molar-refractivity contribution in [3.63, 3.8) is 0 Å². The predicted octanol–water partition coefficient (Wildman–Crippen LogP) is 1.53. The number of likely N-dealkylation sites (N-methyl/N-ethyl adjacent to an activating group) is 1. The molecule has 0 aromatic carbocycles. The van der Waals surface area contributed by atoms with Gasteiger partial charge in [-0.1, -0.05) is 0 Å². The number of thiazole rings is 1. The summed E-state index contributed by atoms with van der Waals surface area (Å²) in [5.41, 5.74) is 0. The van der Waals surface area contributed by atoms with Crippen molar-refractivity contribution < 1.29 is 4.79 Å². The number of carbonyl (C=O) groups is 1. The molecule has 1 aromatic rings. The Labute approximate surface area is 113 Å². The predicted molar refractivity (Wildman–Crippen MR) is 75.9 cm³/mol. The molecule has 0 saturated carbocycles. The summed E-state index contributed by atoms with van der Waals surface area (Å²) >= 11 is 1.63. The standard InChI is InChI=1S/C12H22N4OS/c1-5-13-12-14-6-10(18-12)7-16(4)8-11(17)15-9(2)3/h6,9H,5,7-8H2,1-4H3,(H,13,14)(H,15,17). The summed E-state index contributed by atoms with van der Waals surface area (Å²) in [4.78, 5) is 19.0. The van der Waals surface area contributed by atoms with Gasteiger partial charge >= 0.3 is 0 Å². The van der Waals surface area contributed by atoms with E-state index in [0.29, 0.717) is 6.54 Å². The van der Waals surface area contributed by atoms with Crippen molar-refractivity contribution in [3.8, 4) is 0 Å². The van der Waals surface area contributed by atoms with Crippen LogP contribution < -0.4 is 10.6 Å². The van der Waals surface area contributed by atoms with Gasteiger partial charge in [0.15, 0.2) is 5.13 Å². The second-order valence-corrected chi connectivity index (χ2v) is 5.67. The van der Waals surface area contributed by atoms with Crippen LogP contribution >= 0.6 is 11.3 Å². The first-order valence-electron chi connectivity index (χ1n) is 6.17. The number of carbonyl (C=O) groups excluding carboxylic acids is 1. The normalized spacial score (nSPS) is 11.0. The molecule has 0 bridgehead atoms. The highest BCUT2D eigenvalue weighted by atomic mass is 32.1. The number of nitrogens with one attached hydrogen (secondary N) is 2. The Balaban J connectivity index is 2.38. The van der Waals surface area contributed by atoms with Crippen LogP contribution in [0.15, 0.2) is 6.20 Å². The van der Waals surface area contributed by atoms with Crippen molar-refractivity contribution in [3.05, 3.63) is 11.1 Å². The minimum atomic E-state index is 0.0592. The van der Waals surface area contributed by atoms with E-state index in [1.807, 2.05) is 38.9 Å². The van der Waals surface area contributed by atoms with E-state index >= 15 is 0 Å². The zero-order valence-corrected chi connectivity index (χ0v) is 12.3. The Morgan fingerprint density at radius 3 is 2.89 bits per heavy atom. The van der Waals surface area contributed by atoms with E-state index in [1.54, 1.807) is 11.3 Å². The maximum atomic E-state index is 11.6. The maximum Gasteiger partial charge on any atom is 0.234 e. The highest BCUT2D eigenvalue weighted by Crippen LogP contribution is 2.18. The molecule has 102 valence electrons. The number of aromatic nitrogens is 1. The fourth-order valence-corrected chi connectivity index (χ4v) is 2.51. The van der Waals surface area contributed by atoms with Crippen LogP contribution in [0.3, 0.4) is 0 Å². The van der Waals surface area contributed by atoms with Gasteiger partial charge in [-0.15, -0.1) is 11.3 Å². The summed E-state index contributed by atoms with van der Waals surface area (Å²) in [6, 6.07) is 0.190. The molecule has 0 spiro atoms. The molecule has 0 aliphatic rings. The zero-order valence-electron chi connectivity index (χ0n) is 11.5. The van der Waals surface area contributed by atoms with Crippen LogP contribution in [0.4, 0.5) is 5.13 Å². The maximum absolute atomic E-state index is 11.6. The molecule has 1 heterocycles. The van der Waals surface area contributed by atoms with Crippen LogP contribution in [-0.4, -0.2) is 42.0 Å². The number of anilines is 1. The molecule has 1 amide bonds. The van der Waals surface area contributed by atoms with Gasteiger partial charge in [-0.25, -0.2) is 4.98 Å². The van der Waals surface area contributed by atoms with Gasteiger partial charge in [-0.3, -0.25) is 9.69 Å².